The Morgan fingerprint density at radius 3 is 2.93 bits per heavy atom. The summed E-state index contributed by atoms with van der Waals surface area (Å²) in [5.74, 6) is -0.131. The molecule has 0 unspecified atom stereocenters. The molecule has 1 N–H and O–H groups in total. The molecule has 27 heavy (non-hydrogen) atoms. The topological polar surface area (TPSA) is 81.9 Å². The molecule has 4 rings (SSSR count). The van der Waals surface area contributed by atoms with Gasteiger partial charge in [-0.05, 0) is 40.6 Å². The molecule has 2 atom stereocenters. The number of carbonyl (C=O) groups excluding carboxylic acids is 1. The van der Waals surface area contributed by atoms with Crippen LogP contribution in [0, 0.1) is 5.82 Å². The molecule has 1 fully saturated rings. The average molecular weight is 388 g/mol. The van der Waals surface area contributed by atoms with Gasteiger partial charge in [0.2, 0.25) is 0 Å². The number of methoxy groups -OCH3 is 1. The number of aromatic nitrogens is 4. The Morgan fingerprint density at radius 1 is 1.37 bits per heavy atom. The summed E-state index contributed by atoms with van der Waals surface area (Å²) in [4.78, 5) is 12.7. The number of tetrazole rings is 1. The summed E-state index contributed by atoms with van der Waals surface area (Å²) in [7, 11) is 1.47. The second kappa shape index (κ2) is 6.96. The Hall–Kier alpha value is -3.00. The summed E-state index contributed by atoms with van der Waals surface area (Å²) in [6.07, 6.45) is 2.15. The summed E-state index contributed by atoms with van der Waals surface area (Å²) in [6.45, 7) is 0. The number of benzene rings is 2. The lowest BCUT2D eigenvalue weighted by Crippen LogP contribution is -2.27. The lowest BCUT2D eigenvalue weighted by atomic mass is 10.1. The highest BCUT2D eigenvalue weighted by Crippen LogP contribution is 2.41. The molecule has 1 aliphatic carbocycles. The minimum absolute atomic E-state index is 0.0537. The number of carbonyl (C=O) groups is 1. The predicted molar refractivity (Wildman–Crippen MR) is 95.7 cm³/mol. The number of hydrogen-bond donors (Lipinski definition) is 1. The molecule has 9 heteroatoms. The molecule has 0 spiro atoms. The molecule has 0 saturated heterocycles. The number of nitrogens with one attached hydrogen (secondary N) is 1. The number of nitrogens with zero attached hydrogens (tertiary/aromatic N) is 4. The SMILES string of the molecule is COc1cc(-n2cnnn2)c(Cl)cc1C(=O)N[C@@H]1C[C@@H]1c1cccc(F)c1. The number of rotatable bonds is 5. The monoisotopic (exact) mass is 387 g/mol. The zero-order valence-corrected chi connectivity index (χ0v) is 15.0. The van der Waals surface area contributed by atoms with E-state index >= 15 is 0 Å². The van der Waals surface area contributed by atoms with Gasteiger partial charge < -0.3 is 10.1 Å². The van der Waals surface area contributed by atoms with Crippen LogP contribution >= 0.6 is 11.6 Å². The van der Waals surface area contributed by atoms with Crippen molar-refractivity contribution in [3.8, 4) is 11.4 Å². The fourth-order valence-electron chi connectivity index (χ4n) is 3.04. The number of hydrogen-bond acceptors (Lipinski definition) is 5. The molecule has 1 aromatic heterocycles. The van der Waals surface area contributed by atoms with Gasteiger partial charge in [-0.1, -0.05) is 23.7 Å². The highest BCUT2D eigenvalue weighted by molar-refractivity contribution is 6.33. The molecule has 0 radical (unpaired) electrons. The van der Waals surface area contributed by atoms with Crippen molar-refractivity contribution >= 4 is 17.5 Å². The van der Waals surface area contributed by atoms with Crippen molar-refractivity contribution in [2.24, 2.45) is 0 Å². The van der Waals surface area contributed by atoms with Crippen molar-refractivity contribution < 1.29 is 13.9 Å². The van der Waals surface area contributed by atoms with E-state index in [9.17, 15) is 9.18 Å². The van der Waals surface area contributed by atoms with Gasteiger partial charge in [0.15, 0.2) is 0 Å². The summed E-state index contributed by atoms with van der Waals surface area (Å²) >= 11 is 6.29. The predicted octanol–water partition coefficient (Wildman–Crippen LogP) is 2.75. The van der Waals surface area contributed by atoms with Crippen LogP contribution in [0.15, 0.2) is 42.7 Å². The fraction of sp³-hybridized carbons (Fsp3) is 0.222. The third kappa shape index (κ3) is 3.48. The van der Waals surface area contributed by atoms with Gasteiger partial charge in [-0.25, -0.2) is 4.39 Å². The van der Waals surface area contributed by atoms with Crippen molar-refractivity contribution in [3.63, 3.8) is 0 Å². The molecule has 1 heterocycles. The second-order valence-corrected chi connectivity index (χ2v) is 6.64. The van der Waals surface area contributed by atoms with Crippen LogP contribution in [-0.2, 0) is 0 Å². The molecular weight excluding hydrogens is 373 g/mol. The van der Waals surface area contributed by atoms with E-state index in [1.165, 1.54) is 36.3 Å². The second-order valence-electron chi connectivity index (χ2n) is 6.24. The van der Waals surface area contributed by atoms with E-state index < -0.39 is 0 Å². The Bertz CT molecular complexity index is 995. The molecule has 0 aliphatic heterocycles. The van der Waals surface area contributed by atoms with E-state index in [0.29, 0.717) is 22.0 Å². The molecule has 7 nitrogen and oxygen atoms in total. The van der Waals surface area contributed by atoms with Crippen molar-refractivity contribution in [1.82, 2.24) is 25.5 Å². The van der Waals surface area contributed by atoms with E-state index in [1.807, 2.05) is 6.07 Å². The molecule has 0 bridgehead atoms. The van der Waals surface area contributed by atoms with Crippen molar-refractivity contribution in [2.75, 3.05) is 7.11 Å². The number of ether oxygens (including phenoxy) is 1. The van der Waals surface area contributed by atoms with Gasteiger partial charge in [0.05, 0.1) is 23.4 Å². The highest BCUT2D eigenvalue weighted by Gasteiger charge is 2.40. The maximum absolute atomic E-state index is 13.4. The molecule has 3 aromatic rings. The number of amides is 1. The first-order valence-corrected chi connectivity index (χ1v) is 8.62. The van der Waals surface area contributed by atoms with Crippen molar-refractivity contribution in [1.29, 1.82) is 0 Å². The average Bonchev–Trinajstić information content (AvgIpc) is 3.21. The molecule has 2 aromatic carbocycles. The van der Waals surface area contributed by atoms with Crippen molar-refractivity contribution in [3.05, 3.63) is 64.7 Å². The van der Waals surface area contributed by atoms with Crippen LogP contribution in [0.25, 0.3) is 5.69 Å². The van der Waals surface area contributed by atoms with Gasteiger partial charge >= 0.3 is 0 Å². The maximum Gasteiger partial charge on any atom is 0.255 e. The van der Waals surface area contributed by atoms with Crippen LogP contribution in [0.2, 0.25) is 5.02 Å². The van der Waals surface area contributed by atoms with Gasteiger partial charge in [-0.3, -0.25) is 4.79 Å². The lowest BCUT2D eigenvalue weighted by Gasteiger charge is -2.12. The van der Waals surface area contributed by atoms with Gasteiger partial charge in [0.1, 0.15) is 17.9 Å². The summed E-state index contributed by atoms with van der Waals surface area (Å²) < 4.78 is 20.1. The quantitative estimate of drug-likeness (QED) is 0.728. The summed E-state index contributed by atoms with van der Waals surface area (Å²) in [5.41, 5.74) is 1.68. The minimum Gasteiger partial charge on any atom is -0.496 e. The van der Waals surface area contributed by atoms with Crippen LogP contribution in [0.5, 0.6) is 5.75 Å². The zero-order valence-electron chi connectivity index (χ0n) is 14.3. The van der Waals surface area contributed by atoms with Crippen LogP contribution < -0.4 is 10.1 Å². The van der Waals surface area contributed by atoms with Crippen LogP contribution in [-0.4, -0.2) is 39.3 Å². The van der Waals surface area contributed by atoms with E-state index in [-0.39, 0.29) is 23.7 Å². The first-order chi connectivity index (χ1) is 13.1. The van der Waals surface area contributed by atoms with Gasteiger partial charge in [0, 0.05) is 18.0 Å². The largest absolute Gasteiger partial charge is 0.496 e. The van der Waals surface area contributed by atoms with Crippen LogP contribution in [0.4, 0.5) is 4.39 Å². The Labute approximate surface area is 159 Å². The Morgan fingerprint density at radius 2 is 2.22 bits per heavy atom. The van der Waals surface area contributed by atoms with Crippen LogP contribution in [0.1, 0.15) is 28.3 Å². The summed E-state index contributed by atoms with van der Waals surface area (Å²) in [6, 6.07) is 9.49. The molecule has 1 saturated carbocycles. The summed E-state index contributed by atoms with van der Waals surface area (Å²) in [5, 5.41) is 14.2. The van der Waals surface area contributed by atoms with E-state index in [0.717, 1.165) is 12.0 Å². The first kappa shape index (κ1) is 17.4. The lowest BCUT2D eigenvalue weighted by molar-refractivity contribution is 0.0947. The molecule has 1 aliphatic rings. The van der Waals surface area contributed by atoms with Crippen molar-refractivity contribution in [2.45, 2.75) is 18.4 Å². The highest BCUT2D eigenvalue weighted by atomic mass is 35.5. The smallest absolute Gasteiger partial charge is 0.255 e. The molecule has 1 amide bonds. The maximum atomic E-state index is 13.4. The van der Waals surface area contributed by atoms with Gasteiger partial charge in [-0.2, -0.15) is 4.68 Å². The zero-order chi connectivity index (χ0) is 19.0. The first-order valence-electron chi connectivity index (χ1n) is 8.24. The van der Waals surface area contributed by atoms with E-state index in [1.54, 1.807) is 12.1 Å². The van der Waals surface area contributed by atoms with Gasteiger partial charge in [0.25, 0.3) is 5.91 Å². The minimum atomic E-state index is -0.305. The molecule has 138 valence electrons. The third-order valence-corrected chi connectivity index (χ3v) is 4.80. The van der Waals surface area contributed by atoms with Gasteiger partial charge in [-0.15, -0.1) is 5.10 Å². The standard InChI is InChI=1S/C18H15ClFN5O2/c1-27-17-8-16(25-9-21-23-24-25)14(19)6-13(17)18(26)22-15-7-12(15)10-3-2-4-11(20)5-10/h2-6,8-9,12,15H,7H2,1H3,(H,22,26)/t12-,15-/m1/s1. The van der Waals surface area contributed by atoms with E-state index in [2.05, 4.69) is 20.8 Å². The molecular formula is C18H15ClFN5O2. The normalized spacial score (nSPS) is 18.2. The fourth-order valence-corrected chi connectivity index (χ4v) is 3.29. The third-order valence-electron chi connectivity index (χ3n) is 4.49. The number of halogens is 2. The Kier molecular flexibility index (Phi) is 4.49. The Balaban J connectivity index is 1.53. The van der Waals surface area contributed by atoms with Crippen LogP contribution in [0.3, 0.4) is 0 Å². The van der Waals surface area contributed by atoms with E-state index in [4.69, 9.17) is 16.3 Å².